The Balaban J connectivity index is 2.02. The molecule has 2 aromatic carbocycles. The summed E-state index contributed by atoms with van der Waals surface area (Å²) in [5, 5.41) is 8.60. The van der Waals surface area contributed by atoms with Gasteiger partial charge in [0.1, 0.15) is 11.5 Å². The van der Waals surface area contributed by atoms with Crippen molar-refractivity contribution in [1.82, 2.24) is 9.97 Å². The summed E-state index contributed by atoms with van der Waals surface area (Å²) in [4.78, 5) is 9.16. The van der Waals surface area contributed by atoms with Crippen LogP contribution in [-0.4, -0.2) is 15.8 Å². The van der Waals surface area contributed by atoms with Gasteiger partial charge >= 0.3 is 0 Å². The average Bonchev–Trinajstić information content (AvgIpc) is 2.73. The lowest BCUT2D eigenvalue weighted by atomic mass is 9.96. The number of amidine groups is 1. The third-order valence-electron chi connectivity index (χ3n) is 4.55. The third-order valence-corrected chi connectivity index (χ3v) is 4.55. The zero-order valence-electron chi connectivity index (χ0n) is 14.7. The number of aromatic nitrogens is 2. The van der Waals surface area contributed by atoms with E-state index in [4.69, 9.17) is 21.9 Å². The molecule has 5 heteroatoms. The van der Waals surface area contributed by atoms with Gasteiger partial charge in [0.15, 0.2) is 0 Å². The van der Waals surface area contributed by atoms with Gasteiger partial charge in [-0.3, -0.25) is 10.4 Å². The normalized spacial score (nSPS) is 10.9. The molecule has 0 saturated heterocycles. The number of hydrogen-bond acceptors (Lipinski definition) is 4. The monoisotopic (exact) mass is 353 g/mol. The highest BCUT2D eigenvalue weighted by Gasteiger charge is 2.14. The summed E-state index contributed by atoms with van der Waals surface area (Å²) in [6.45, 7) is 0.505. The van der Waals surface area contributed by atoms with Crippen LogP contribution in [-0.2, 0) is 6.54 Å². The van der Waals surface area contributed by atoms with Gasteiger partial charge in [-0.15, -0.1) is 0 Å². The molecule has 0 unspecified atom stereocenters. The molecule has 0 atom stereocenters. The van der Waals surface area contributed by atoms with Crippen molar-refractivity contribution >= 4 is 16.7 Å². The molecule has 2 heterocycles. The van der Waals surface area contributed by atoms with Crippen LogP contribution in [0.5, 0.6) is 0 Å². The van der Waals surface area contributed by atoms with Gasteiger partial charge in [0.05, 0.1) is 11.2 Å². The summed E-state index contributed by atoms with van der Waals surface area (Å²) < 4.78 is 0. The fourth-order valence-electron chi connectivity index (χ4n) is 3.17. The topological polar surface area (TPSA) is 102 Å². The Morgan fingerprint density at radius 1 is 0.926 bits per heavy atom. The van der Waals surface area contributed by atoms with Gasteiger partial charge in [-0.2, -0.15) is 0 Å². The Morgan fingerprint density at radius 2 is 1.67 bits per heavy atom. The second kappa shape index (κ2) is 6.97. The Morgan fingerprint density at radius 3 is 2.33 bits per heavy atom. The summed E-state index contributed by atoms with van der Waals surface area (Å²) in [5.41, 5.74) is 17.6. The molecular formula is C22H19N5. The van der Waals surface area contributed by atoms with Crippen molar-refractivity contribution in [2.24, 2.45) is 11.5 Å². The van der Waals surface area contributed by atoms with Crippen LogP contribution >= 0.6 is 0 Å². The maximum Gasteiger partial charge on any atom is 0.142 e. The van der Waals surface area contributed by atoms with Crippen molar-refractivity contribution < 1.29 is 0 Å². The Hall–Kier alpha value is -3.57. The average molecular weight is 353 g/mol. The fourth-order valence-corrected chi connectivity index (χ4v) is 3.17. The van der Waals surface area contributed by atoms with Crippen molar-refractivity contribution in [1.29, 1.82) is 5.41 Å². The van der Waals surface area contributed by atoms with Gasteiger partial charge in [0.2, 0.25) is 0 Å². The lowest BCUT2D eigenvalue weighted by molar-refractivity contribution is 1.07. The van der Waals surface area contributed by atoms with Crippen LogP contribution in [0.2, 0.25) is 0 Å². The number of nitrogens with one attached hydrogen (secondary N) is 1. The van der Waals surface area contributed by atoms with E-state index in [9.17, 15) is 0 Å². The Labute approximate surface area is 157 Å². The molecule has 0 aliphatic heterocycles. The first-order valence-corrected chi connectivity index (χ1v) is 8.66. The first-order valence-electron chi connectivity index (χ1n) is 8.66. The number of nitrogen functional groups attached to an aromatic ring is 1. The zero-order valence-corrected chi connectivity index (χ0v) is 14.7. The van der Waals surface area contributed by atoms with Crippen molar-refractivity contribution in [3.05, 3.63) is 84.2 Å². The van der Waals surface area contributed by atoms with Gasteiger partial charge in [-0.1, -0.05) is 54.6 Å². The van der Waals surface area contributed by atoms with Crippen LogP contribution in [0.25, 0.3) is 33.3 Å². The highest BCUT2D eigenvalue weighted by Crippen LogP contribution is 2.34. The standard InChI is InChI=1S/C22H19N5/c23-13-14-6-8-16(9-7-14)20-17(15-4-2-1-3-5-15)12-18-19(27-20)10-11-26-21(18)22(24)25/h1-12H,13,23H2,(H3,24,25). The third kappa shape index (κ3) is 3.16. The molecule has 5 N–H and O–H groups in total. The number of pyridine rings is 2. The van der Waals surface area contributed by atoms with E-state index in [1.807, 2.05) is 66.7 Å². The Bertz CT molecular complexity index is 1120. The maximum absolute atomic E-state index is 7.83. The van der Waals surface area contributed by atoms with E-state index in [-0.39, 0.29) is 5.84 Å². The van der Waals surface area contributed by atoms with Gasteiger partial charge < -0.3 is 11.5 Å². The molecule has 0 spiro atoms. The molecule has 0 bridgehead atoms. The van der Waals surface area contributed by atoms with Crippen LogP contribution in [0, 0.1) is 5.41 Å². The van der Waals surface area contributed by atoms with Crippen molar-refractivity contribution in [2.75, 3.05) is 0 Å². The first-order chi connectivity index (χ1) is 13.2. The number of rotatable bonds is 4. The molecule has 0 fully saturated rings. The molecule has 27 heavy (non-hydrogen) atoms. The van der Waals surface area contributed by atoms with E-state index >= 15 is 0 Å². The minimum absolute atomic E-state index is 0.0681. The van der Waals surface area contributed by atoms with Gasteiger partial charge in [-0.05, 0) is 23.3 Å². The number of benzene rings is 2. The molecule has 0 radical (unpaired) electrons. The Kier molecular flexibility index (Phi) is 4.36. The van der Waals surface area contributed by atoms with Gasteiger partial charge in [0, 0.05) is 29.3 Å². The summed E-state index contributed by atoms with van der Waals surface area (Å²) >= 11 is 0. The van der Waals surface area contributed by atoms with Gasteiger partial charge in [-0.25, -0.2) is 4.98 Å². The van der Waals surface area contributed by atoms with Crippen LogP contribution in [0.3, 0.4) is 0 Å². The quantitative estimate of drug-likeness (QED) is 0.384. The van der Waals surface area contributed by atoms with Crippen molar-refractivity contribution in [3.8, 4) is 22.4 Å². The molecule has 0 aliphatic rings. The molecule has 4 aromatic rings. The molecule has 2 aromatic heterocycles. The summed E-state index contributed by atoms with van der Waals surface area (Å²) in [7, 11) is 0. The smallest absolute Gasteiger partial charge is 0.142 e. The van der Waals surface area contributed by atoms with Crippen molar-refractivity contribution in [3.63, 3.8) is 0 Å². The minimum Gasteiger partial charge on any atom is -0.382 e. The molecule has 0 aliphatic carbocycles. The van der Waals surface area contributed by atoms with E-state index in [1.165, 1.54) is 0 Å². The lowest BCUT2D eigenvalue weighted by Gasteiger charge is -2.13. The van der Waals surface area contributed by atoms with Crippen molar-refractivity contribution in [2.45, 2.75) is 6.54 Å². The van der Waals surface area contributed by atoms with Crippen LogP contribution in [0.4, 0.5) is 0 Å². The number of nitrogens with zero attached hydrogens (tertiary/aromatic N) is 2. The van der Waals surface area contributed by atoms with E-state index in [0.29, 0.717) is 12.2 Å². The highest BCUT2D eigenvalue weighted by molar-refractivity contribution is 6.06. The predicted molar refractivity (Wildman–Crippen MR) is 109 cm³/mol. The van der Waals surface area contributed by atoms with E-state index < -0.39 is 0 Å². The van der Waals surface area contributed by atoms with E-state index in [1.54, 1.807) is 6.20 Å². The summed E-state index contributed by atoms with van der Waals surface area (Å²) in [6, 6.07) is 22.0. The number of nitrogens with two attached hydrogens (primary N) is 2. The van der Waals surface area contributed by atoms with E-state index in [0.717, 1.165) is 38.9 Å². The first kappa shape index (κ1) is 16.9. The van der Waals surface area contributed by atoms with Crippen LogP contribution < -0.4 is 11.5 Å². The van der Waals surface area contributed by atoms with Crippen LogP contribution in [0.15, 0.2) is 72.9 Å². The molecule has 5 nitrogen and oxygen atoms in total. The number of fused-ring (bicyclic) bond motifs is 1. The largest absolute Gasteiger partial charge is 0.382 e. The van der Waals surface area contributed by atoms with E-state index in [2.05, 4.69) is 4.98 Å². The molecule has 0 amide bonds. The SMILES string of the molecule is N=C(N)c1nccc2nc(-c3ccc(CN)cc3)c(-c3ccccc3)cc12. The fraction of sp³-hybridized carbons (Fsp3) is 0.0455. The highest BCUT2D eigenvalue weighted by atomic mass is 14.8. The second-order valence-electron chi connectivity index (χ2n) is 6.29. The summed E-state index contributed by atoms with van der Waals surface area (Å²) in [6.07, 6.45) is 1.63. The molecular weight excluding hydrogens is 334 g/mol. The van der Waals surface area contributed by atoms with Crippen LogP contribution in [0.1, 0.15) is 11.3 Å². The predicted octanol–water partition coefficient (Wildman–Crippen LogP) is 3.71. The minimum atomic E-state index is -0.0681. The summed E-state index contributed by atoms with van der Waals surface area (Å²) in [5.74, 6) is -0.0681. The molecule has 4 rings (SSSR count). The zero-order chi connectivity index (χ0) is 18.8. The second-order valence-corrected chi connectivity index (χ2v) is 6.29. The molecule has 132 valence electrons. The lowest BCUT2D eigenvalue weighted by Crippen LogP contribution is -2.13. The number of hydrogen-bond donors (Lipinski definition) is 3. The maximum atomic E-state index is 7.83. The van der Waals surface area contributed by atoms with Gasteiger partial charge in [0.25, 0.3) is 0 Å². The molecule has 0 saturated carbocycles.